The van der Waals surface area contributed by atoms with Gasteiger partial charge in [-0.2, -0.15) is 0 Å². The number of ether oxygens (including phenoxy) is 1. The summed E-state index contributed by atoms with van der Waals surface area (Å²) in [5, 5.41) is 10.6. The minimum Gasteiger partial charge on any atom is -0.465 e. The molecule has 0 amide bonds. The fraction of sp³-hybridized carbons (Fsp3) is 0.706. The lowest BCUT2D eigenvalue weighted by atomic mass is 9.55. The lowest BCUT2D eigenvalue weighted by molar-refractivity contribution is -0.154. The summed E-state index contributed by atoms with van der Waals surface area (Å²) in [5.74, 6) is 0.541. The van der Waals surface area contributed by atoms with Gasteiger partial charge in [0.15, 0.2) is 0 Å². The number of fused-ring (bicyclic) bond motifs is 1. The van der Waals surface area contributed by atoms with Crippen molar-refractivity contribution in [3.05, 3.63) is 23.8 Å². The molecule has 0 bridgehead atoms. The molecule has 3 nitrogen and oxygen atoms in total. The number of esters is 1. The summed E-state index contributed by atoms with van der Waals surface area (Å²) in [5.41, 5.74) is 2.25. The first-order valence-corrected chi connectivity index (χ1v) is 7.50. The Hall–Kier alpha value is -1.09. The number of allylic oxidation sites excluding steroid dienone is 2. The second-order valence-electron chi connectivity index (χ2n) is 6.58. The van der Waals surface area contributed by atoms with Gasteiger partial charge in [-0.1, -0.05) is 23.8 Å². The van der Waals surface area contributed by atoms with E-state index in [1.165, 1.54) is 18.1 Å². The molecule has 1 saturated carbocycles. The average molecular weight is 278 g/mol. The van der Waals surface area contributed by atoms with E-state index >= 15 is 0 Å². The number of carbonyl (C=O) groups is 1. The van der Waals surface area contributed by atoms with Gasteiger partial charge >= 0.3 is 5.97 Å². The average Bonchev–Trinajstić information content (AvgIpc) is 2.40. The Morgan fingerprint density at radius 2 is 2.25 bits per heavy atom. The Balaban J connectivity index is 2.27. The van der Waals surface area contributed by atoms with Crippen LogP contribution in [0.4, 0.5) is 0 Å². The summed E-state index contributed by atoms with van der Waals surface area (Å²) in [4.78, 5) is 11.2. The lowest BCUT2D eigenvalue weighted by Crippen LogP contribution is -2.51. The first-order valence-electron chi connectivity index (χ1n) is 7.50. The van der Waals surface area contributed by atoms with Crippen LogP contribution in [0.25, 0.3) is 0 Å². The van der Waals surface area contributed by atoms with Crippen LogP contribution in [0, 0.1) is 17.3 Å². The summed E-state index contributed by atoms with van der Waals surface area (Å²) in [6.45, 7) is 10.1. The molecule has 20 heavy (non-hydrogen) atoms. The van der Waals surface area contributed by atoms with Crippen LogP contribution in [0.2, 0.25) is 0 Å². The van der Waals surface area contributed by atoms with Crippen LogP contribution in [0.1, 0.15) is 46.5 Å². The quantitative estimate of drug-likeness (QED) is 0.637. The Morgan fingerprint density at radius 3 is 2.85 bits per heavy atom. The predicted octanol–water partition coefficient (Wildman–Crippen LogP) is 3.24. The Kier molecular flexibility index (Phi) is 4.38. The molecule has 112 valence electrons. The third-order valence-electron chi connectivity index (χ3n) is 5.29. The zero-order valence-corrected chi connectivity index (χ0v) is 12.8. The van der Waals surface area contributed by atoms with Gasteiger partial charge in [0.25, 0.3) is 0 Å². The van der Waals surface area contributed by atoms with Crippen LogP contribution in [0.5, 0.6) is 0 Å². The van der Waals surface area contributed by atoms with Crippen LogP contribution in [-0.4, -0.2) is 23.8 Å². The minimum absolute atomic E-state index is 0.264. The van der Waals surface area contributed by atoms with E-state index in [1.54, 1.807) is 0 Å². The summed E-state index contributed by atoms with van der Waals surface area (Å²) in [7, 11) is 0. The van der Waals surface area contributed by atoms with Gasteiger partial charge in [0.1, 0.15) is 0 Å². The normalized spacial score (nSPS) is 36.8. The monoisotopic (exact) mass is 278 g/mol. The maximum atomic E-state index is 11.2. The molecule has 4 atom stereocenters. The Morgan fingerprint density at radius 1 is 1.55 bits per heavy atom. The number of carbonyl (C=O) groups excluding carboxylic acids is 1. The fourth-order valence-corrected chi connectivity index (χ4v) is 3.92. The SMILES string of the molecule is C=C(C)C1CCC2(COC(C)=O)C(O)CC=C(C)C2C1. The predicted molar refractivity (Wildman–Crippen MR) is 79.1 cm³/mol. The molecule has 0 aromatic rings. The van der Waals surface area contributed by atoms with Gasteiger partial charge in [0.2, 0.25) is 0 Å². The second kappa shape index (κ2) is 5.72. The summed E-state index contributed by atoms with van der Waals surface area (Å²) < 4.78 is 5.31. The van der Waals surface area contributed by atoms with Gasteiger partial charge in [0, 0.05) is 12.3 Å². The molecule has 0 spiro atoms. The zero-order chi connectivity index (χ0) is 14.9. The van der Waals surface area contributed by atoms with E-state index < -0.39 is 6.10 Å². The van der Waals surface area contributed by atoms with Crippen LogP contribution < -0.4 is 0 Å². The van der Waals surface area contributed by atoms with Crippen molar-refractivity contribution in [2.75, 3.05) is 6.61 Å². The molecule has 2 aliphatic rings. The summed E-state index contributed by atoms with van der Waals surface area (Å²) in [6.07, 6.45) is 5.33. The van der Waals surface area contributed by atoms with E-state index in [9.17, 15) is 9.90 Å². The van der Waals surface area contributed by atoms with E-state index in [2.05, 4.69) is 26.5 Å². The summed E-state index contributed by atoms with van der Waals surface area (Å²) in [6, 6.07) is 0. The van der Waals surface area contributed by atoms with Crippen molar-refractivity contribution in [2.24, 2.45) is 17.3 Å². The van der Waals surface area contributed by atoms with Crippen LogP contribution >= 0.6 is 0 Å². The molecule has 0 aromatic heterocycles. The van der Waals surface area contributed by atoms with Gasteiger partial charge in [-0.15, -0.1) is 0 Å². The molecule has 1 fully saturated rings. The number of aliphatic hydroxyl groups is 1. The van der Waals surface area contributed by atoms with Gasteiger partial charge in [-0.05, 0) is 51.4 Å². The lowest BCUT2D eigenvalue weighted by Gasteiger charge is -2.51. The van der Waals surface area contributed by atoms with E-state index in [4.69, 9.17) is 4.74 Å². The summed E-state index contributed by atoms with van der Waals surface area (Å²) >= 11 is 0. The maximum Gasteiger partial charge on any atom is 0.302 e. The topological polar surface area (TPSA) is 46.5 Å². The molecule has 1 N–H and O–H groups in total. The molecule has 0 heterocycles. The number of hydrogen-bond donors (Lipinski definition) is 1. The van der Waals surface area contributed by atoms with Crippen LogP contribution in [0.3, 0.4) is 0 Å². The van der Waals surface area contributed by atoms with E-state index in [-0.39, 0.29) is 11.4 Å². The smallest absolute Gasteiger partial charge is 0.302 e. The van der Waals surface area contributed by atoms with Crippen molar-refractivity contribution in [3.63, 3.8) is 0 Å². The molecule has 0 saturated heterocycles. The molecule has 2 aliphatic carbocycles. The highest BCUT2D eigenvalue weighted by Crippen LogP contribution is 2.53. The Labute approximate surface area is 121 Å². The molecular weight excluding hydrogens is 252 g/mol. The zero-order valence-electron chi connectivity index (χ0n) is 12.8. The van der Waals surface area contributed by atoms with Crippen molar-refractivity contribution < 1.29 is 14.6 Å². The van der Waals surface area contributed by atoms with E-state index in [0.717, 1.165) is 19.3 Å². The van der Waals surface area contributed by atoms with E-state index in [1.807, 2.05) is 0 Å². The third kappa shape index (κ3) is 2.69. The minimum atomic E-state index is -0.415. The number of aliphatic hydroxyl groups excluding tert-OH is 1. The van der Waals surface area contributed by atoms with Crippen molar-refractivity contribution in [1.82, 2.24) is 0 Å². The number of hydrogen-bond acceptors (Lipinski definition) is 3. The highest BCUT2D eigenvalue weighted by Gasteiger charge is 2.51. The molecule has 4 unspecified atom stereocenters. The third-order valence-corrected chi connectivity index (χ3v) is 5.29. The van der Waals surface area contributed by atoms with Crippen LogP contribution in [-0.2, 0) is 9.53 Å². The van der Waals surface area contributed by atoms with Gasteiger partial charge in [0.05, 0.1) is 12.7 Å². The fourth-order valence-electron chi connectivity index (χ4n) is 3.92. The van der Waals surface area contributed by atoms with Gasteiger partial charge in [-0.3, -0.25) is 4.79 Å². The van der Waals surface area contributed by atoms with Crippen molar-refractivity contribution >= 4 is 5.97 Å². The first kappa shape index (κ1) is 15.3. The maximum absolute atomic E-state index is 11.2. The highest BCUT2D eigenvalue weighted by atomic mass is 16.5. The highest BCUT2D eigenvalue weighted by molar-refractivity contribution is 5.66. The van der Waals surface area contributed by atoms with Crippen molar-refractivity contribution in [1.29, 1.82) is 0 Å². The van der Waals surface area contributed by atoms with Crippen molar-refractivity contribution in [2.45, 2.75) is 52.6 Å². The molecule has 3 heteroatoms. The number of rotatable bonds is 3. The van der Waals surface area contributed by atoms with Gasteiger partial charge < -0.3 is 9.84 Å². The molecule has 2 rings (SSSR count). The molecular formula is C17H26O3. The second-order valence-corrected chi connectivity index (χ2v) is 6.58. The molecule has 0 aromatic carbocycles. The largest absolute Gasteiger partial charge is 0.465 e. The van der Waals surface area contributed by atoms with Crippen molar-refractivity contribution in [3.8, 4) is 0 Å². The Bertz CT molecular complexity index is 438. The standard InChI is InChI=1S/C17H26O3/c1-11(2)14-7-8-17(10-20-13(4)18)15(9-14)12(3)5-6-16(17)19/h5,14-16,19H,1,6-10H2,2-4H3. The van der Waals surface area contributed by atoms with Crippen LogP contribution in [0.15, 0.2) is 23.8 Å². The first-order chi connectivity index (χ1) is 9.36. The van der Waals surface area contributed by atoms with Gasteiger partial charge in [-0.25, -0.2) is 0 Å². The molecule has 0 radical (unpaired) electrons. The molecule has 0 aliphatic heterocycles. The van der Waals surface area contributed by atoms with E-state index in [0.29, 0.717) is 24.9 Å².